The first kappa shape index (κ1) is 15.6. The molecule has 0 aliphatic heterocycles. The van der Waals surface area contributed by atoms with E-state index in [4.69, 9.17) is 4.74 Å². The molecule has 0 amide bonds. The van der Waals surface area contributed by atoms with E-state index in [0.717, 1.165) is 16.1 Å². The average Bonchev–Trinajstić information content (AvgIpc) is 3.22. The summed E-state index contributed by atoms with van der Waals surface area (Å²) in [6.45, 7) is 2.04. The van der Waals surface area contributed by atoms with E-state index in [1.807, 2.05) is 60.8 Å². The van der Waals surface area contributed by atoms with Crippen LogP contribution in [0.25, 0.3) is 22.9 Å². The summed E-state index contributed by atoms with van der Waals surface area (Å²) < 4.78 is 4.92. The Bertz CT molecular complexity index is 847. The third-order valence-corrected chi connectivity index (χ3v) is 5.08. The maximum atomic E-state index is 12.2. The normalized spacial score (nSPS) is 11.5. The first-order valence-electron chi connectivity index (χ1n) is 7.05. The first-order chi connectivity index (χ1) is 11.2. The molecule has 0 spiro atoms. The summed E-state index contributed by atoms with van der Waals surface area (Å²) in [4.78, 5) is 19.0. The molecule has 0 fully saturated rings. The van der Waals surface area contributed by atoms with Gasteiger partial charge < -0.3 is 4.74 Å². The zero-order valence-corrected chi connectivity index (χ0v) is 14.4. The largest absolute Gasteiger partial charge is 0.465 e. The molecule has 5 heteroatoms. The van der Waals surface area contributed by atoms with E-state index in [0.29, 0.717) is 10.6 Å². The topological polar surface area (TPSA) is 39.2 Å². The van der Waals surface area contributed by atoms with Gasteiger partial charge in [-0.05, 0) is 25.1 Å². The molecule has 0 unspecified atom stereocenters. The number of carbonyl (C=O) groups excluding carboxylic acids is 1. The van der Waals surface area contributed by atoms with Crippen LogP contribution in [0.4, 0.5) is 0 Å². The van der Waals surface area contributed by atoms with Crippen LogP contribution >= 0.6 is 22.7 Å². The van der Waals surface area contributed by atoms with E-state index in [1.54, 1.807) is 11.3 Å². The lowest BCUT2D eigenvalue weighted by Gasteiger charge is -2.01. The van der Waals surface area contributed by atoms with Crippen LogP contribution in [0.5, 0.6) is 0 Å². The molecule has 3 rings (SSSR count). The van der Waals surface area contributed by atoms with Crippen molar-refractivity contribution in [3.63, 3.8) is 0 Å². The van der Waals surface area contributed by atoms with Gasteiger partial charge in [0.2, 0.25) is 0 Å². The molecule has 0 N–H and O–H groups in total. The van der Waals surface area contributed by atoms with Crippen LogP contribution in [0.1, 0.15) is 14.8 Å². The summed E-state index contributed by atoms with van der Waals surface area (Å²) in [5.41, 5.74) is 2.38. The molecule has 0 aliphatic rings. The average molecular weight is 341 g/mol. The van der Waals surface area contributed by atoms with E-state index in [2.05, 4.69) is 4.98 Å². The Hall–Kier alpha value is -2.24. The fraction of sp³-hybridized carbons (Fsp3) is 0.111. The molecule has 2 aromatic heterocycles. The standard InChI is InChI=1S/C18H15NO2S2/c1-12-8-9-14(23-12)10-15(18(20)21-2)17-19-16(11-22-17)13-6-4-3-5-7-13/h3-11H,1-2H3/b15-10-. The number of thiazole rings is 1. The molecule has 0 saturated heterocycles. The van der Waals surface area contributed by atoms with Crippen LogP contribution in [0.2, 0.25) is 0 Å². The van der Waals surface area contributed by atoms with Crippen molar-refractivity contribution in [1.82, 2.24) is 4.98 Å². The highest BCUT2D eigenvalue weighted by Crippen LogP contribution is 2.29. The number of aryl methyl sites for hydroxylation is 1. The SMILES string of the molecule is COC(=O)/C(=C\c1ccc(C)s1)c1nc(-c2ccccc2)cs1. The van der Waals surface area contributed by atoms with Crippen molar-refractivity contribution in [3.8, 4) is 11.3 Å². The molecule has 3 aromatic rings. The van der Waals surface area contributed by atoms with Gasteiger partial charge in [0.25, 0.3) is 0 Å². The second kappa shape index (κ2) is 6.89. The molecular formula is C18H15NO2S2. The molecule has 0 saturated carbocycles. The molecule has 23 heavy (non-hydrogen) atoms. The van der Waals surface area contributed by atoms with Gasteiger partial charge in [-0.15, -0.1) is 22.7 Å². The minimum atomic E-state index is -0.370. The maximum absolute atomic E-state index is 12.2. The molecular weight excluding hydrogens is 326 g/mol. The zero-order chi connectivity index (χ0) is 16.2. The van der Waals surface area contributed by atoms with Gasteiger partial charge in [-0.2, -0.15) is 0 Å². The maximum Gasteiger partial charge on any atom is 0.340 e. The number of esters is 1. The highest BCUT2D eigenvalue weighted by molar-refractivity contribution is 7.13. The molecule has 3 nitrogen and oxygen atoms in total. The first-order valence-corrected chi connectivity index (χ1v) is 8.75. The Labute approximate surface area is 142 Å². The summed E-state index contributed by atoms with van der Waals surface area (Å²) in [6, 6.07) is 13.9. The summed E-state index contributed by atoms with van der Waals surface area (Å²) in [7, 11) is 1.39. The van der Waals surface area contributed by atoms with E-state index < -0.39 is 0 Å². The molecule has 0 aliphatic carbocycles. The number of hydrogen-bond donors (Lipinski definition) is 0. The van der Waals surface area contributed by atoms with E-state index >= 15 is 0 Å². The fourth-order valence-electron chi connectivity index (χ4n) is 2.13. The monoisotopic (exact) mass is 341 g/mol. The minimum Gasteiger partial charge on any atom is -0.465 e. The fourth-order valence-corrected chi connectivity index (χ4v) is 3.78. The van der Waals surface area contributed by atoms with Gasteiger partial charge in [0.15, 0.2) is 0 Å². The molecule has 0 radical (unpaired) electrons. The number of rotatable bonds is 4. The summed E-state index contributed by atoms with van der Waals surface area (Å²) in [5.74, 6) is -0.370. The second-order valence-corrected chi connectivity index (χ2v) is 7.08. The summed E-state index contributed by atoms with van der Waals surface area (Å²) >= 11 is 3.08. The number of aromatic nitrogens is 1. The number of methoxy groups -OCH3 is 1. The third-order valence-electron chi connectivity index (χ3n) is 3.26. The Morgan fingerprint density at radius 3 is 2.61 bits per heavy atom. The number of thiophene rings is 1. The van der Waals surface area contributed by atoms with Crippen LogP contribution in [0, 0.1) is 6.92 Å². The van der Waals surface area contributed by atoms with Crippen LogP contribution in [-0.2, 0) is 9.53 Å². The Kier molecular flexibility index (Phi) is 4.69. The highest BCUT2D eigenvalue weighted by Gasteiger charge is 2.17. The number of nitrogens with zero attached hydrogens (tertiary/aromatic N) is 1. The van der Waals surface area contributed by atoms with Crippen molar-refractivity contribution in [1.29, 1.82) is 0 Å². The van der Waals surface area contributed by atoms with Crippen LogP contribution in [0.15, 0.2) is 47.8 Å². The molecule has 1 aromatic carbocycles. The van der Waals surface area contributed by atoms with Gasteiger partial charge in [-0.1, -0.05) is 30.3 Å². The van der Waals surface area contributed by atoms with Crippen molar-refractivity contribution < 1.29 is 9.53 Å². The van der Waals surface area contributed by atoms with Crippen molar-refractivity contribution in [2.24, 2.45) is 0 Å². The number of hydrogen-bond acceptors (Lipinski definition) is 5. The Balaban J connectivity index is 2.00. The van der Waals surface area contributed by atoms with Gasteiger partial charge in [-0.25, -0.2) is 9.78 Å². The molecule has 0 bridgehead atoms. The minimum absolute atomic E-state index is 0.370. The van der Waals surface area contributed by atoms with Gasteiger partial charge in [0.05, 0.1) is 18.4 Å². The Morgan fingerprint density at radius 1 is 1.17 bits per heavy atom. The number of ether oxygens (including phenoxy) is 1. The van der Waals surface area contributed by atoms with Gasteiger partial charge >= 0.3 is 5.97 Å². The van der Waals surface area contributed by atoms with E-state index in [9.17, 15) is 4.79 Å². The van der Waals surface area contributed by atoms with Crippen molar-refractivity contribution in [2.45, 2.75) is 6.92 Å². The van der Waals surface area contributed by atoms with Crippen molar-refractivity contribution >= 4 is 40.3 Å². The van der Waals surface area contributed by atoms with Gasteiger partial charge in [0, 0.05) is 20.7 Å². The van der Waals surface area contributed by atoms with Crippen LogP contribution in [0.3, 0.4) is 0 Å². The summed E-state index contributed by atoms with van der Waals surface area (Å²) in [5, 5.41) is 2.63. The Morgan fingerprint density at radius 2 is 1.96 bits per heavy atom. The predicted molar refractivity (Wildman–Crippen MR) is 96.5 cm³/mol. The van der Waals surface area contributed by atoms with Crippen LogP contribution in [-0.4, -0.2) is 18.1 Å². The number of benzene rings is 1. The second-order valence-electron chi connectivity index (χ2n) is 4.90. The van der Waals surface area contributed by atoms with E-state index in [1.165, 1.54) is 23.3 Å². The lowest BCUT2D eigenvalue weighted by Crippen LogP contribution is -2.03. The zero-order valence-electron chi connectivity index (χ0n) is 12.8. The van der Waals surface area contributed by atoms with Crippen LogP contribution < -0.4 is 0 Å². The predicted octanol–water partition coefficient (Wildman–Crippen LogP) is 4.89. The van der Waals surface area contributed by atoms with Crippen molar-refractivity contribution in [2.75, 3.05) is 7.11 Å². The summed E-state index contributed by atoms with van der Waals surface area (Å²) in [6.07, 6.45) is 1.84. The molecule has 0 atom stereocenters. The third kappa shape index (κ3) is 3.57. The quantitative estimate of drug-likeness (QED) is 0.501. The van der Waals surface area contributed by atoms with Gasteiger partial charge in [-0.3, -0.25) is 0 Å². The lowest BCUT2D eigenvalue weighted by atomic mass is 10.2. The highest BCUT2D eigenvalue weighted by atomic mass is 32.1. The number of carbonyl (C=O) groups is 1. The van der Waals surface area contributed by atoms with E-state index in [-0.39, 0.29) is 5.97 Å². The smallest absolute Gasteiger partial charge is 0.340 e. The molecule has 2 heterocycles. The lowest BCUT2D eigenvalue weighted by molar-refractivity contribution is -0.133. The van der Waals surface area contributed by atoms with Gasteiger partial charge in [0.1, 0.15) is 5.01 Å². The van der Waals surface area contributed by atoms with Crippen molar-refractivity contribution in [3.05, 3.63) is 62.6 Å². The molecule has 116 valence electrons.